The quantitative estimate of drug-likeness (QED) is 0.618. The van der Waals surface area contributed by atoms with Crippen LogP contribution >= 0.6 is 0 Å². The lowest BCUT2D eigenvalue weighted by Crippen LogP contribution is -2.11. The van der Waals surface area contributed by atoms with Crippen molar-refractivity contribution in [3.05, 3.63) is 58.7 Å². The zero-order valence-electron chi connectivity index (χ0n) is 14.1. The zero-order chi connectivity index (χ0) is 18.4. The maximum absolute atomic E-state index is 11.9. The summed E-state index contributed by atoms with van der Waals surface area (Å²) in [6.45, 7) is 3.46. The number of esters is 2. The van der Waals surface area contributed by atoms with E-state index < -0.39 is 11.9 Å². The van der Waals surface area contributed by atoms with Crippen molar-refractivity contribution in [1.82, 2.24) is 0 Å². The number of aromatic hydroxyl groups is 2. The molecule has 0 saturated carbocycles. The molecule has 2 aromatic rings. The van der Waals surface area contributed by atoms with Gasteiger partial charge in [0.15, 0.2) is 0 Å². The van der Waals surface area contributed by atoms with E-state index in [0.717, 1.165) is 0 Å². The van der Waals surface area contributed by atoms with Crippen molar-refractivity contribution >= 4 is 11.9 Å². The van der Waals surface area contributed by atoms with Crippen molar-refractivity contribution in [3.8, 4) is 11.5 Å². The number of aryl methyl sites for hydroxylation is 2. The number of phenols is 2. The minimum atomic E-state index is -0.635. The van der Waals surface area contributed by atoms with Crippen LogP contribution < -0.4 is 0 Å². The van der Waals surface area contributed by atoms with E-state index in [0.29, 0.717) is 17.5 Å². The van der Waals surface area contributed by atoms with Gasteiger partial charge in [-0.1, -0.05) is 24.3 Å². The molecule has 0 aromatic heterocycles. The molecule has 0 fully saturated rings. The van der Waals surface area contributed by atoms with Crippen LogP contribution in [0.3, 0.4) is 0 Å². The third-order valence-corrected chi connectivity index (χ3v) is 3.67. The largest absolute Gasteiger partial charge is 0.507 e. The van der Waals surface area contributed by atoms with Crippen LogP contribution in [0.15, 0.2) is 36.4 Å². The molecule has 6 nitrogen and oxygen atoms in total. The van der Waals surface area contributed by atoms with E-state index in [-0.39, 0.29) is 35.8 Å². The fourth-order valence-corrected chi connectivity index (χ4v) is 2.19. The number of benzene rings is 2. The molecule has 6 heteroatoms. The van der Waals surface area contributed by atoms with E-state index >= 15 is 0 Å². The predicted molar refractivity (Wildman–Crippen MR) is 90.9 cm³/mol. The van der Waals surface area contributed by atoms with Gasteiger partial charge in [0.1, 0.15) is 22.6 Å². The van der Waals surface area contributed by atoms with Crippen molar-refractivity contribution in [2.45, 2.75) is 20.3 Å². The maximum Gasteiger partial charge on any atom is 0.341 e. The van der Waals surface area contributed by atoms with Gasteiger partial charge in [0, 0.05) is 6.42 Å². The van der Waals surface area contributed by atoms with Gasteiger partial charge in [-0.3, -0.25) is 0 Å². The second kappa shape index (κ2) is 8.19. The molecular weight excluding hydrogens is 324 g/mol. The second-order valence-electron chi connectivity index (χ2n) is 5.57. The molecule has 2 N–H and O–H groups in total. The van der Waals surface area contributed by atoms with Gasteiger partial charge in [0.05, 0.1) is 13.2 Å². The number of phenolic OH excluding ortho intramolecular Hbond substituents is 2. The molecule has 0 atom stereocenters. The highest BCUT2D eigenvalue weighted by Crippen LogP contribution is 2.23. The molecule has 0 unspecified atom stereocenters. The van der Waals surface area contributed by atoms with Crippen LogP contribution in [0.25, 0.3) is 0 Å². The third-order valence-electron chi connectivity index (χ3n) is 3.67. The predicted octanol–water partition coefficient (Wildman–Crippen LogP) is 3.12. The van der Waals surface area contributed by atoms with Crippen molar-refractivity contribution < 1.29 is 29.3 Å². The van der Waals surface area contributed by atoms with Gasteiger partial charge in [-0.05, 0) is 37.1 Å². The number of para-hydroxylation sites is 2. The zero-order valence-corrected chi connectivity index (χ0v) is 14.1. The Morgan fingerprint density at radius 2 is 1.20 bits per heavy atom. The number of ether oxygens (including phenoxy) is 2. The first-order chi connectivity index (χ1) is 11.9. The first-order valence-corrected chi connectivity index (χ1v) is 7.83. The van der Waals surface area contributed by atoms with Crippen LogP contribution in [0.1, 0.15) is 38.3 Å². The lowest BCUT2D eigenvalue weighted by molar-refractivity contribution is 0.0393. The van der Waals surface area contributed by atoms with E-state index in [4.69, 9.17) is 9.47 Å². The number of hydrogen-bond acceptors (Lipinski definition) is 6. The van der Waals surface area contributed by atoms with E-state index in [1.807, 2.05) is 0 Å². The summed E-state index contributed by atoms with van der Waals surface area (Å²) in [6.07, 6.45) is 0.302. The van der Waals surface area contributed by atoms with Crippen LogP contribution in [0.4, 0.5) is 0 Å². The van der Waals surface area contributed by atoms with Gasteiger partial charge >= 0.3 is 11.9 Å². The SMILES string of the molecule is Cc1cccc(C(=O)OCCCOC(=O)c2cccc(C)c2O)c1O. The van der Waals surface area contributed by atoms with Crippen LogP contribution in [0, 0.1) is 13.8 Å². The normalized spacial score (nSPS) is 10.3. The molecule has 0 aliphatic rings. The Kier molecular flexibility index (Phi) is 6.00. The fraction of sp³-hybridized carbons (Fsp3) is 0.263. The van der Waals surface area contributed by atoms with Gasteiger partial charge in [0.2, 0.25) is 0 Å². The fourth-order valence-electron chi connectivity index (χ4n) is 2.19. The number of carbonyl (C=O) groups is 2. The highest BCUT2D eigenvalue weighted by Gasteiger charge is 2.15. The Labute approximate surface area is 145 Å². The summed E-state index contributed by atoms with van der Waals surface area (Å²) >= 11 is 0. The molecule has 0 radical (unpaired) electrons. The van der Waals surface area contributed by atoms with E-state index in [2.05, 4.69) is 0 Å². The van der Waals surface area contributed by atoms with Crippen LogP contribution in [0.2, 0.25) is 0 Å². The Bertz CT molecular complexity index is 716. The summed E-state index contributed by atoms with van der Waals surface area (Å²) < 4.78 is 10.1. The molecule has 0 amide bonds. The second-order valence-corrected chi connectivity index (χ2v) is 5.57. The van der Waals surface area contributed by atoms with E-state index in [9.17, 15) is 19.8 Å². The van der Waals surface area contributed by atoms with Gasteiger partial charge in [-0.15, -0.1) is 0 Å². The lowest BCUT2D eigenvalue weighted by Gasteiger charge is -2.09. The van der Waals surface area contributed by atoms with Crippen molar-refractivity contribution in [2.75, 3.05) is 13.2 Å². The standard InChI is InChI=1S/C19H20O6/c1-12-6-3-8-14(16(12)20)18(22)24-10-5-11-25-19(23)15-9-4-7-13(2)17(15)21/h3-4,6-9,20-21H,5,10-11H2,1-2H3. The minimum absolute atomic E-state index is 0.0410. The van der Waals surface area contributed by atoms with Crippen LogP contribution in [-0.2, 0) is 9.47 Å². The molecule has 0 aliphatic heterocycles. The Morgan fingerprint density at radius 1 is 0.800 bits per heavy atom. The molecule has 0 bridgehead atoms. The highest BCUT2D eigenvalue weighted by molar-refractivity contribution is 5.93. The smallest absolute Gasteiger partial charge is 0.341 e. The Hall–Kier alpha value is -3.02. The summed E-state index contributed by atoms with van der Waals surface area (Å²) in [7, 11) is 0. The molecule has 0 spiro atoms. The maximum atomic E-state index is 11.9. The molecule has 0 saturated heterocycles. The Balaban J connectivity index is 1.78. The average Bonchev–Trinajstić information content (AvgIpc) is 2.59. The third kappa shape index (κ3) is 4.50. The number of rotatable bonds is 6. The summed E-state index contributed by atoms with van der Waals surface area (Å²) in [5, 5.41) is 19.6. The first kappa shape index (κ1) is 18.3. The van der Waals surface area contributed by atoms with Crippen LogP contribution in [0.5, 0.6) is 11.5 Å². The molecular formula is C19H20O6. The summed E-state index contributed by atoms with van der Waals surface area (Å²) in [5.41, 5.74) is 1.37. The average molecular weight is 344 g/mol. The molecule has 2 aromatic carbocycles. The number of carbonyl (C=O) groups excluding carboxylic acids is 2. The minimum Gasteiger partial charge on any atom is -0.507 e. The van der Waals surface area contributed by atoms with Crippen LogP contribution in [-0.4, -0.2) is 35.4 Å². The summed E-state index contributed by atoms with van der Waals surface area (Å²) in [6, 6.07) is 9.64. The first-order valence-electron chi connectivity index (χ1n) is 7.83. The van der Waals surface area contributed by atoms with Gasteiger partial charge < -0.3 is 19.7 Å². The monoisotopic (exact) mass is 344 g/mol. The van der Waals surface area contributed by atoms with E-state index in [1.165, 1.54) is 12.1 Å². The van der Waals surface area contributed by atoms with Gasteiger partial charge in [0.25, 0.3) is 0 Å². The Morgan fingerprint density at radius 3 is 1.60 bits per heavy atom. The molecule has 25 heavy (non-hydrogen) atoms. The van der Waals surface area contributed by atoms with E-state index in [1.54, 1.807) is 38.1 Å². The van der Waals surface area contributed by atoms with Crippen molar-refractivity contribution in [3.63, 3.8) is 0 Å². The summed E-state index contributed by atoms with van der Waals surface area (Å²) in [5.74, 6) is -1.48. The molecule has 0 heterocycles. The van der Waals surface area contributed by atoms with Gasteiger partial charge in [-0.25, -0.2) is 9.59 Å². The highest BCUT2D eigenvalue weighted by atomic mass is 16.5. The van der Waals surface area contributed by atoms with Crippen molar-refractivity contribution in [2.24, 2.45) is 0 Å². The lowest BCUT2D eigenvalue weighted by atomic mass is 10.1. The molecule has 2 rings (SSSR count). The topological polar surface area (TPSA) is 93.1 Å². The molecule has 132 valence electrons. The summed E-state index contributed by atoms with van der Waals surface area (Å²) in [4.78, 5) is 23.8. The molecule has 0 aliphatic carbocycles. The number of hydrogen-bond donors (Lipinski definition) is 2. The van der Waals surface area contributed by atoms with Gasteiger partial charge in [-0.2, -0.15) is 0 Å². The van der Waals surface area contributed by atoms with Crippen molar-refractivity contribution in [1.29, 1.82) is 0 Å².